The van der Waals surface area contributed by atoms with Gasteiger partial charge in [-0.3, -0.25) is 14.4 Å². The largest absolute Gasteiger partial charge is 0.349 e. The molecule has 0 bridgehead atoms. The molecule has 2 aliphatic rings. The lowest BCUT2D eigenvalue weighted by Crippen LogP contribution is -2.48. The highest BCUT2D eigenvalue weighted by atomic mass is 16.2. The summed E-state index contributed by atoms with van der Waals surface area (Å²) in [7, 11) is 4.24. The van der Waals surface area contributed by atoms with Crippen LogP contribution in [0.4, 0.5) is 5.69 Å². The molecule has 12 nitrogen and oxygen atoms in total. The van der Waals surface area contributed by atoms with Crippen molar-refractivity contribution in [3.05, 3.63) is 83.4 Å². The number of tetrazole rings is 1. The van der Waals surface area contributed by atoms with Gasteiger partial charge in [0.1, 0.15) is 6.04 Å². The Morgan fingerprint density at radius 1 is 0.865 bits per heavy atom. The average Bonchev–Trinajstić information content (AvgIpc) is 3.70. The van der Waals surface area contributed by atoms with E-state index in [2.05, 4.69) is 61.6 Å². The van der Waals surface area contributed by atoms with Crippen LogP contribution in [0.5, 0.6) is 0 Å². The van der Waals surface area contributed by atoms with E-state index in [4.69, 9.17) is 5.73 Å². The number of hydrogen-bond acceptors (Lipinski definition) is 8. The monoisotopic (exact) mass is 705 g/mol. The van der Waals surface area contributed by atoms with Crippen LogP contribution >= 0.6 is 0 Å². The fourth-order valence-corrected chi connectivity index (χ4v) is 7.53. The maximum atomic E-state index is 13.7. The van der Waals surface area contributed by atoms with Crippen molar-refractivity contribution >= 4 is 23.4 Å². The van der Waals surface area contributed by atoms with Gasteiger partial charge in [-0.1, -0.05) is 30.3 Å². The third-order valence-electron chi connectivity index (χ3n) is 10.8. The van der Waals surface area contributed by atoms with Crippen molar-refractivity contribution in [2.75, 3.05) is 26.0 Å². The van der Waals surface area contributed by atoms with Crippen molar-refractivity contribution in [3.63, 3.8) is 0 Å². The number of rotatable bonds is 12. The first-order valence-corrected chi connectivity index (χ1v) is 18.5. The molecule has 0 saturated heterocycles. The van der Waals surface area contributed by atoms with Gasteiger partial charge in [0, 0.05) is 41.2 Å². The van der Waals surface area contributed by atoms with Gasteiger partial charge in [0.05, 0.1) is 0 Å². The van der Waals surface area contributed by atoms with E-state index in [1.165, 1.54) is 0 Å². The average molecular weight is 706 g/mol. The minimum absolute atomic E-state index is 0.0413. The molecule has 0 aliphatic heterocycles. The molecule has 1 aromatic heterocycles. The van der Waals surface area contributed by atoms with Crippen LogP contribution in [-0.2, 0) is 16.0 Å². The van der Waals surface area contributed by atoms with Crippen molar-refractivity contribution in [1.82, 2.24) is 36.2 Å². The molecule has 4 aromatic rings. The molecule has 0 radical (unpaired) electrons. The Kier molecular flexibility index (Phi) is 12.1. The zero-order valence-corrected chi connectivity index (χ0v) is 30.4. The smallest absolute Gasteiger partial charge is 0.251 e. The number of carbonyl (C=O) groups excluding carboxylic acids is 3. The van der Waals surface area contributed by atoms with E-state index in [9.17, 15) is 14.4 Å². The van der Waals surface area contributed by atoms with Crippen LogP contribution in [0.2, 0.25) is 0 Å². The molecule has 274 valence electrons. The number of nitrogens with one attached hydrogen (secondary N) is 4. The van der Waals surface area contributed by atoms with Crippen molar-refractivity contribution in [2.45, 2.75) is 82.8 Å². The molecular formula is C40H51N9O3. The summed E-state index contributed by atoms with van der Waals surface area (Å²) >= 11 is 0. The number of nitrogens with zero attached hydrogens (tertiary/aromatic N) is 4. The molecule has 12 heteroatoms. The molecule has 52 heavy (non-hydrogen) atoms. The fraction of sp³-hybridized carbons (Fsp3) is 0.450. The minimum Gasteiger partial charge on any atom is -0.349 e. The maximum Gasteiger partial charge on any atom is 0.251 e. The molecule has 6 rings (SSSR count). The third-order valence-corrected chi connectivity index (χ3v) is 10.8. The van der Waals surface area contributed by atoms with Crippen LogP contribution in [0.15, 0.2) is 66.7 Å². The van der Waals surface area contributed by atoms with Crippen molar-refractivity contribution in [2.24, 2.45) is 17.6 Å². The summed E-state index contributed by atoms with van der Waals surface area (Å²) in [6, 6.07) is 21.1. The summed E-state index contributed by atoms with van der Waals surface area (Å²) < 4.78 is 0. The van der Waals surface area contributed by atoms with Crippen LogP contribution in [0.1, 0.15) is 72.9 Å². The molecule has 2 aliphatic carbocycles. The SMILES string of the molecule is Cc1cc(C(=O)NC2CCC(N(C)C)CC2)cc(-c2ccc(C[C@H](NC(=O)C3CCC(CN)CC3)C(=O)Nc3ccc(-c4nn[nH]n4)cc3)cc2)c1. The standard InChI is InChI=1S/C40H51N9O3/c1-25-20-31(23-32(21-25)39(51)42-34-16-18-35(19-17-34)49(2)3)28-8-4-26(5-9-28)22-36(44-38(50)30-10-6-27(24-41)7-11-30)40(52)43-33-14-12-29(13-15-33)37-45-47-48-46-37/h4-5,8-9,12-15,20-21,23,27,30,34-36H,6-7,10-11,16-19,22,24,41H2,1-3H3,(H,42,51)(H,43,52)(H,44,50)(H,45,46,47,48)/t27?,30?,34?,35?,36-/m0/s1. The normalized spacial score (nSPS) is 20.9. The first-order valence-electron chi connectivity index (χ1n) is 18.5. The summed E-state index contributed by atoms with van der Waals surface area (Å²) in [6.07, 6.45) is 7.82. The van der Waals surface area contributed by atoms with E-state index < -0.39 is 6.04 Å². The van der Waals surface area contributed by atoms with Crippen molar-refractivity contribution in [3.8, 4) is 22.5 Å². The second kappa shape index (κ2) is 17.1. The number of nitrogens with two attached hydrogens (primary N) is 1. The molecule has 6 N–H and O–H groups in total. The highest BCUT2D eigenvalue weighted by Gasteiger charge is 2.30. The number of hydrogen-bond donors (Lipinski definition) is 5. The fourth-order valence-electron chi connectivity index (χ4n) is 7.53. The number of aromatic amines is 1. The Morgan fingerprint density at radius 3 is 2.19 bits per heavy atom. The van der Waals surface area contributed by atoms with Crippen LogP contribution in [0, 0.1) is 18.8 Å². The van der Waals surface area contributed by atoms with Crippen LogP contribution < -0.4 is 21.7 Å². The topological polar surface area (TPSA) is 171 Å². The van der Waals surface area contributed by atoms with Gasteiger partial charge in [-0.15, -0.1) is 10.2 Å². The number of benzene rings is 3. The van der Waals surface area contributed by atoms with E-state index in [0.29, 0.717) is 42.0 Å². The molecule has 3 aromatic carbocycles. The van der Waals surface area contributed by atoms with Crippen molar-refractivity contribution in [1.29, 1.82) is 0 Å². The molecular weight excluding hydrogens is 654 g/mol. The predicted molar refractivity (Wildman–Crippen MR) is 202 cm³/mol. The number of amides is 3. The first-order chi connectivity index (χ1) is 25.1. The molecule has 0 unspecified atom stereocenters. The molecule has 3 amide bonds. The highest BCUT2D eigenvalue weighted by molar-refractivity contribution is 5.98. The van der Waals surface area contributed by atoms with Gasteiger partial charge in [-0.25, -0.2) is 0 Å². The van der Waals surface area contributed by atoms with Crippen LogP contribution in [-0.4, -0.2) is 82.0 Å². The van der Waals surface area contributed by atoms with Crippen LogP contribution in [0.3, 0.4) is 0 Å². The zero-order chi connectivity index (χ0) is 36.6. The number of aryl methyl sites for hydroxylation is 1. The number of H-pyrrole nitrogens is 1. The summed E-state index contributed by atoms with van der Waals surface area (Å²) in [5, 5.41) is 23.4. The first kappa shape index (κ1) is 36.8. The van der Waals surface area contributed by atoms with Gasteiger partial charge in [-0.05, 0) is 149 Å². The van der Waals surface area contributed by atoms with E-state index >= 15 is 0 Å². The summed E-state index contributed by atoms with van der Waals surface area (Å²) in [4.78, 5) is 42.8. The van der Waals surface area contributed by atoms with Gasteiger partial charge in [0.15, 0.2) is 0 Å². The maximum absolute atomic E-state index is 13.7. The third kappa shape index (κ3) is 9.48. The molecule has 1 heterocycles. The van der Waals surface area contributed by atoms with Crippen LogP contribution in [0.25, 0.3) is 22.5 Å². The Morgan fingerprint density at radius 2 is 1.56 bits per heavy atom. The van der Waals surface area contributed by atoms with E-state index in [0.717, 1.165) is 79.2 Å². The molecule has 2 fully saturated rings. The second-order valence-corrected chi connectivity index (χ2v) is 14.7. The van der Waals surface area contributed by atoms with Gasteiger partial charge in [0.25, 0.3) is 5.91 Å². The number of carbonyl (C=O) groups is 3. The Balaban J connectivity index is 1.14. The van der Waals surface area contributed by atoms with E-state index in [-0.39, 0.29) is 29.7 Å². The Labute approximate surface area is 305 Å². The molecule has 2 saturated carbocycles. The quantitative estimate of drug-likeness (QED) is 0.139. The zero-order valence-electron chi connectivity index (χ0n) is 30.4. The summed E-state index contributed by atoms with van der Waals surface area (Å²) in [5.74, 6) is 0.319. The number of anilines is 1. The van der Waals surface area contributed by atoms with Gasteiger partial charge in [0.2, 0.25) is 17.6 Å². The lowest BCUT2D eigenvalue weighted by Gasteiger charge is -2.33. The lowest BCUT2D eigenvalue weighted by molar-refractivity contribution is -0.130. The predicted octanol–water partition coefficient (Wildman–Crippen LogP) is 4.88. The van der Waals surface area contributed by atoms with Gasteiger partial charge >= 0.3 is 0 Å². The lowest BCUT2D eigenvalue weighted by atomic mass is 9.81. The van der Waals surface area contributed by atoms with Gasteiger partial charge < -0.3 is 26.6 Å². The molecule has 0 spiro atoms. The highest BCUT2D eigenvalue weighted by Crippen LogP contribution is 2.29. The van der Waals surface area contributed by atoms with E-state index in [1.54, 1.807) is 24.3 Å². The number of aromatic nitrogens is 4. The van der Waals surface area contributed by atoms with Crippen molar-refractivity contribution < 1.29 is 14.4 Å². The Bertz CT molecular complexity index is 1790. The Hall–Kier alpha value is -4.94. The molecule has 1 atom stereocenters. The summed E-state index contributed by atoms with van der Waals surface area (Å²) in [6.45, 7) is 2.64. The second-order valence-electron chi connectivity index (χ2n) is 14.7. The summed E-state index contributed by atoms with van der Waals surface area (Å²) in [5.41, 5.74) is 11.7. The van der Waals surface area contributed by atoms with E-state index in [1.807, 2.05) is 43.3 Å². The van der Waals surface area contributed by atoms with Gasteiger partial charge in [-0.2, -0.15) is 5.21 Å². The minimum atomic E-state index is -0.787.